The van der Waals surface area contributed by atoms with Crippen LogP contribution in [-0.4, -0.2) is 36.2 Å². The van der Waals surface area contributed by atoms with Gasteiger partial charge in [-0.3, -0.25) is 14.2 Å². The van der Waals surface area contributed by atoms with Crippen molar-refractivity contribution < 1.29 is 19.1 Å². The van der Waals surface area contributed by atoms with Crippen LogP contribution in [0.15, 0.2) is 68.0 Å². The van der Waals surface area contributed by atoms with Crippen molar-refractivity contribution in [2.45, 2.75) is 52.7 Å². The molecule has 8 nitrogen and oxygen atoms in total. The summed E-state index contributed by atoms with van der Waals surface area (Å²) in [5.41, 5.74) is 2.78. The molecule has 0 saturated carbocycles. The first-order valence-corrected chi connectivity index (χ1v) is 14.8. The van der Waals surface area contributed by atoms with Crippen LogP contribution >= 0.6 is 27.3 Å². The van der Waals surface area contributed by atoms with Gasteiger partial charge in [-0.25, -0.2) is 9.79 Å². The van der Waals surface area contributed by atoms with Crippen LogP contribution in [0.3, 0.4) is 0 Å². The van der Waals surface area contributed by atoms with Crippen molar-refractivity contribution >= 4 is 50.4 Å². The van der Waals surface area contributed by atoms with E-state index < -0.39 is 17.6 Å². The van der Waals surface area contributed by atoms with Gasteiger partial charge in [0.05, 0.1) is 35.7 Å². The molecule has 0 saturated heterocycles. The standard InChI is InChI=1S/C30H30BrN3O5S/c1-6-7-14-33-21-11-9-8-10-19(21)24(27(33)35)26-28(36)34-25(20-15-18(31)12-13-22(20)38-5)23(29(37)39-16(2)3)17(4)32-30(34)40-26/h8-13,15-16,25H,6-7,14H2,1-5H3/b26-24-/t25-/m1/s1. The maximum Gasteiger partial charge on any atom is 0.338 e. The summed E-state index contributed by atoms with van der Waals surface area (Å²) in [6.45, 7) is 7.92. The molecule has 5 rings (SSSR count). The second-order valence-electron chi connectivity index (χ2n) is 9.95. The summed E-state index contributed by atoms with van der Waals surface area (Å²) in [5, 5.41) is 0. The van der Waals surface area contributed by atoms with E-state index in [0.717, 1.165) is 39.9 Å². The molecule has 0 bridgehead atoms. The van der Waals surface area contributed by atoms with Crippen molar-refractivity contribution in [2.24, 2.45) is 4.99 Å². The molecule has 0 aliphatic carbocycles. The number of unbranched alkanes of at least 4 members (excludes halogenated alkanes) is 1. The molecule has 0 unspecified atom stereocenters. The van der Waals surface area contributed by atoms with Crippen LogP contribution in [0, 0.1) is 0 Å². The Kier molecular flexibility index (Phi) is 7.83. The second kappa shape index (κ2) is 11.2. The number of hydrogen-bond donors (Lipinski definition) is 0. The molecule has 3 heterocycles. The molecule has 0 spiro atoms. The van der Waals surface area contributed by atoms with E-state index >= 15 is 0 Å². The number of methoxy groups -OCH3 is 1. The molecule has 1 atom stereocenters. The Morgan fingerprint density at radius 2 is 1.93 bits per heavy atom. The second-order valence-corrected chi connectivity index (χ2v) is 11.8. The highest BCUT2D eigenvalue weighted by Crippen LogP contribution is 2.38. The molecule has 1 aromatic heterocycles. The lowest BCUT2D eigenvalue weighted by Crippen LogP contribution is -2.41. The summed E-state index contributed by atoms with van der Waals surface area (Å²) >= 11 is 4.69. The minimum Gasteiger partial charge on any atom is -0.496 e. The van der Waals surface area contributed by atoms with E-state index in [1.807, 2.05) is 36.4 Å². The fourth-order valence-corrected chi connectivity index (χ4v) is 6.68. The van der Waals surface area contributed by atoms with Crippen LogP contribution in [0.2, 0.25) is 0 Å². The number of rotatable bonds is 7. The molecule has 2 aromatic carbocycles. The molecule has 3 aromatic rings. The van der Waals surface area contributed by atoms with Crippen LogP contribution < -0.4 is 24.5 Å². The Balaban J connectivity index is 1.82. The summed E-state index contributed by atoms with van der Waals surface area (Å²) < 4.78 is 13.8. The fraction of sp³-hybridized carbons (Fsp3) is 0.333. The van der Waals surface area contributed by atoms with E-state index in [9.17, 15) is 14.4 Å². The average Bonchev–Trinajstić information content (AvgIpc) is 3.38. The molecule has 208 valence electrons. The van der Waals surface area contributed by atoms with Gasteiger partial charge in [0.15, 0.2) is 4.80 Å². The molecular formula is C30H30BrN3O5S. The van der Waals surface area contributed by atoms with E-state index in [4.69, 9.17) is 9.47 Å². The van der Waals surface area contributed by atoms with Crippen LogP contribution in [0.5, 0.6) is 5.75 Å². The zero-order valence-electron chi connectivity index (χ0n) is 23.0. The SMILES string of the molecule is CCCCN1C(=O)/C(=c2\sc3n(c2=O)[C@H](c2cc(Br)ccc2OC)C(C(=O)OC(C)C)=C(C)N=3)c2ccccc21. The lowest BCUT2D eigenvalue weighted by atomic mass is 9.95. The Morgan fingerprint density at radius 3 is 2.62 bits per heavy atom. The van der Waals surface area contributed by atoms with Crippen LogP contribution in [0.1, 0.15) is 57.7 Å². The third kappa shape index (κ3) is 4.73. The molecule has 40 heavy (non-hydrogen) atoms. The van der Waals surface area contributed by atoms with Crippen molar-refractivity contribution in [3.63, 3.8) is 0 Å². The monoisotopic (exact) mass is 623 g/mol. The van der Waals surface area contributed by atoms with E-state index in [1.165, 1.54) is 4.57 Å². The number of nitrogens with zero attached hydrogens (tertiary/aromatic N) is 3. The van der Waals surface area contributed by atoms with Crippen LogP contribution in [0.4, 0.5) is 5.69 Å². The summed E-state index contributed by atoms with van der Waals surface area (Å²) in [5.74, 6) is -0.259. The molecule has 0 radical (unpaired) electrons. The summed E-state index contributed by atoms with van der Waals surface area (Å²) in [4.78, 5) is 48.4. The number of carbonyl (C=O) groups excluding carboxylic acids is 2. The van der Waals surface area contributed by atoms with Gasteiger partial charge in [-0.05, 0) is 51.5 Å². The number of benzene rings is 2. The fourth-order valence-electron chi connectivity index (χ4n) is 5.16. The largest absolute Gasteiger partial charge is 0.496 e. The lowest BCUT2D eigenvalue weighted by Gasteiger charge is -2.26. The number of carbonyl (C=O) groups is 2. The van der Waals surface area contributed by atoms with Gasteiger partial charge < -0.3 is 14.4 Å². The van der Waals surface area contributed by atoms with Crippen LogP contribution in [-0.2, 0) is 14.3 Å². The van der Waals surface area contributed by atoms with Crippen molar-refractivity contribution in [3.05, 3.63) is 89.0 Å². The number of fused-ring (bicyclic) bond motifs is 2. The highest BCUT2D eigenvalue weighted by molar-refractivity contribution is 9.10. The average molecular weight is 625 g/mol. The number of halogens is 1. The third-order valence-electron chi connectivity index (χ3n) is 6.93. The van der Waals surface area contributed by atoms with Crippen molar-refractivity contribution in [3.8, 4) is 5.75 Å². The molecular weight excluding hydrogens is 594 g/mol. The van der Waals surface area contributed by atoms with Gasteiger partial charge in [0.25, 0.3) is 11.5 Å². The van der Waals surface area contributed by atoms with E-state index in [0.29, 0.717) is 38.5 Å². The number of allylic oxidation sites excluding steroid dienone is 1. The lowest BCUT2D eigenvalue weighted by molar-refractivity contribution is -0.143. The Bertz CT molecular complexity index is 1740. The van der Waals surface area contributed by atoms with Gasteiger partial charge in [0.2, 0.25) is 0 Å². The van der Waals surface area contributed by atoms with E-state index in [1.54, 1.807) is 38.8 Å². The van der Waals surface area contributed by atoms with E-state index in [-0.39, 0.29) is 17.6 Å². The molecule has 10 heteroatoms. The minimum absolute atomic E-state index is 0.202. The molecule has 2 aliphatic heterocycles. The van der Waals surface area contributed by atoms with Gasteiger partial charge in [0, 0.05) is 22.1 Å². The number of ether oxygens (including phenoxy) is 2. The number of para-hydroxylation sites is 1. The Labute approximate surface area is 244 Å². The highest BCUT2D eigenvalue weighted by atomic mass is 79.9. The maximum atomic E-state index is 14.3. The zero-order chi connectivity index (χ0) is 28.7. The predicted molar refractivity (Wildman–Crippen MR) is 158 cm³/mol. The van der Waals surface area contributed by atoms with Gasteiger partial charge in [-0.1, -0.05) is 58.8 Å². The number of amides is 1. The van der Waals surface area contributed by atoms with E-state index in [2.05, 4.69) is 27.8 Å². The van der Waals surface area contributed by atoms with Crippen molar-refractivity contribution in [1.82, 2.24) is 4.57 Å². The number of anilines is 1. The normalized spacial score (nSPS) is 17.6. The van der Waals surface area contributed by atoms with Crippen molar-refractivity contribution in [2.75, 3.05) is 18.6 Å². The smallest absolute Gasteiger partial charge is 0.338 e. The first-order valence-electron chi connectivity index (χ1n) is 13.2. The Hall–Kier alpha value is -3.50. The predicted octanol–water partition coefficient (Wildman–Crippen LogP) is 4.47. The van der Waals surface area contributed by atoms with Crippen LogP contribution in [0.25, 0.3) is 5.57 Å². The number of thiazole rings is 1. The van der Waals surface area contributed by atoms with Crippen molar-refractivity contribution in [1.29, 1.82) is 0 Å². The summed E-state index contributed by atoms with van der Waals surface area (Å²) in [6.07, 6.45) is 1.41. The van der Waals surface area contributed by atoms with Gasteiger partial charge in [-0.2, -0.15) is 0 Å². The molecule has 2 aliphatic rings. The molecule has 0 fully saturated rings. The van der Waals surface area contributed by atoms with Gasteiger partial charge in [-0.15, -0.1) is 0 Å². The topological polar surface area (TPSA) is 90.2 Å². The Morgan fingerprint density at radius 1 is 1.18 bits per heavy atom. The molecule has 1 amide bonds. The summed E-state index contributed by atoms with van der Waals surface area (Å²) in [7, 11) is 1.54. The number of hydrogen-bond acceptors (Lipinski definition) is 7. The minimum atomic E-state index is -0.868. The first-order chi connectivity index (χ1) is 19.2. The summed E-state index contributed by atoms with van der Waals surface area (Å²) in [6, 6.07) is 12.1. The van der Waals surface area contributed by atoms with Gasteiger partial charge >= 0.3 is 5.97 Å². The highest BCUT2D eigenvalue weighted by Gasteiger charge is 2.38. The maximum absolute atomic E-state index is 14.3. The first kappa shape index (κ1) is 28.0. The zero-order valence-corrected chi connectivity index (χ0v) is 25.4. The molecule has 0 N–H and O–H groups in total. The number of aromatic nitrogens is 1. The quantitative estimate of drug-likeness (QED) is 0.362. The number of esters is 1. The van der Waals surface area contributed by atoms with Gasteiger partial charge in [0.1, 0.15) is 16.3 Å². The third-order valence-corrected chi connectivity index (χ3v) is 8.48.